The fourth-order valence-corrected chi connectivity index (χ4v) is 1.79. The predicted molar refractivity (Wildman–Crippen MR) is 59.1 cm³/mol. The van der Waals surface area contributed by atoms with Gasteiger partial charge in [0.05, 0.1) is 6.54 Å². The molecule has 14 heavy (non-hydrogen) atoms. The van der Waals surface area contributed by atoms with Gasteiger partial charge in [-0.3, -0.25) is 0 Å². The standard InChI is InChI=1S/C10H11BrN2O/c1-5-3-7-10(6(2)9(5)11)13-8(4-12)14-7/h3H,4,12H2,1-2H3. The topological polar surface area (TPSA) is 52.0 Å². The molecule has 0 radical (unpaired) electrons. The van der Waals surface area contributed by atoms with Gasteiger partial charge in [0.15, 0.2) is 5.58 Å². The Balaban J connectivity index is 2.81. The number of aryl methyl sites for hydroxylation is 2. The normalized spacial score (nSPS) is 11.1. The summed E-state index contributed by atoms with van der Waals surface area (Å²) >= 11 is 3.52. The van der Waals surface area contributed by atoms with Crippen LogP contribution in [0, 0.1) is 13.8 Å². The monoisotopic (exact) mass is 254 g/mol. The largest absolute Gasteiger partial charge is 0.439 e. The average Bonchev–Trinajstić information content (AvgIpc) is 2.57. The van der Waals surface area contributed by atoms with Crippen LogP contribution < -0.4 is 5.73 Å². The van der Waals surface area contributed by atoms with Crippen LogP contribution >= 0.6 is 15.9 Å². The molecule has 3 nitrogen and oxygen atoms in total. The van der Waals surface area contributed by atoms with E-state index >= 15 is 0 Å². The first kappa shape index (κ1) is 9.68. The summed E-state index contributed by atoms with van der Waals surface area (Å²) in [4.78, 5) is 4.31. The number of aromatic nitrogens is 1. The number of nitrogens with two attached hydrogens (primary N) is 1. The minimum absolute atomic E-state index is 0.338. The summed E-state index contributed by atoms with van der Waals surface area (Å²) in [5.74, 6) is 0.584. The third-order valence-electron chi connectivity index (χ3n) is 2.25. The lowest BCUT2D eigenvalue weighted by atomic mass is 10.1. The summed E-state index contributed by atoms with van der Waals surface area (Å²) in [7, 11) is 0. The van der Waals surface area contributed by atoms with Gasteiger partial charge in [0.25, 0.3) is 0 Å². The first-order valence-corrected chi connectivity index (χ1v) is 5.18. The van der Waals surface area contributed by atoms with Crippen molar-refractivity contribution in [1.82, 2.24) is 4.98 Å². The molecular formula is C10H11BrN2O. The molecule has 0 aliphatic heterocycles. The zero-order valence-electron chi connectivity index (χ0n) is 8.10. The van der Waals surface area contributed by atoms with Gasteiger partial charge in [-0.1, -0.05) is 15.9 Å². The van der Waals surface area contributed by atoms with Crippen molar-refractivity contribution < 1.29 is 4.42 Å². The molecule has 1 aromatic carbocycles. The van der Waals surface area contributed by atoms with E-state index in [0.717, 1.165) is 26.7 Å². The molecule has 4 heteroatoms. The summed E-state index contributed by atoms with van der Waals surface area (Å²) in [6.45, 7) is 4.38. The van der Waals surface area contributed by atoms with E-state index in [1.54, 1.807) is 0 Å². The van der Waals surface area contributed by atoms with Crippen molar-refractivity contribution in [3.05, 3.63) is 27.6 Å². The summed E-state index contributed by atoms with van der Waals surface area (Å²) in [6.07, 6.45) is 0. The molecule has 1 aromatic heterocycles. The first-order valence-electron chi connectivity index (χ1n) is 4.38. The molecule has 0 saturated heterocycles. The Labute approximate surface area is 90.4 Å². The molecule has 1 heterocycles. The molecule has 0 amide bonds. The summed E-state index contributed by atoms with van der Waals surface area (Å²) < 4.78 is 6.56. The molecule has 0 fully saturated rings. The molecule has 0 atom stereocenters. The van der Waals surface area contributed by atoms with Crippen molar-refractivity contribution in [2.24, 2.45) is 5.73 Å². The Morgan fingerprint density at radius 2 is 2.21 bits per heavy atom. The summed E-state index contributed by atoms with van der Waals surface area (Å²) in [5, 5.41) is 0. The molecule has 74 valence electrons. The third kappa shape index (κ3) is 1.35. The predicted octanol–water partition coefficient (Wildman–Crippen LogP) is 2.67. The molecule has 0 spiro atoms. The van der Waals surface area contributed by atoms with Crippen molar-refractivity contribution in [2.45, 2.75) is 20.4 Å². The molecule has 0 unspecified atom stereocenters. The van der Waals surface area contributed by atoms with Crippen LogP contribution in [0.4, 0.5) is 0 Å². The van der Waals surface area contributed by atoms with E-state index in [9.17, 15) is 0 Å². The number of hydrogen-bond donors (Lipinski definition) is 1. The highest BCUT2D eigenvalue weighted by molar-refractivity contribution is 9.10. The van der Waals surface area contributed by atoms with Crippen LogP contribution in [-0.4, -0.2) is 4.98 Å². The zero-order chi connectivity index (χ0) is 10.3. The number of nitrogens with zero attached hydrogens (tertiary/aromatic N) is 1. The second-order valence-electron chi connectivity index (χ2n) is 3.29. The zero-order valence-corrected chi connectivity index (χ0v) is 9.68. The second kappa shape index (κ2) is 3.37. The lowest BCUT2D eigenvalue weighted by molar-refractivity contribution is 0.533. The first-order chi connectivity index (χ1) is 6.63. The average molecular weight is 255 g/mol. The highest BCUT2D eigenvalue weighted by Gasteiger charge is 2.11. The van der Waals surface area contributed by atoms with E-state index < -0.39 is 0 Å². The Kier molecular flexibility index (Phi) is 2.33. The van der Waals surface area contributed by atoms with Gasteiger partial charge < -0.3 is 10.2 Å². The van der Waals surface area contributed by atoms with Crippen LogP contribution in [0.2, 0.25) is 0 Å². The van der Waals surface area contributed by atoms with Crippen molar-refractivity contribution in [3.8, 4) is 0 Å². The van der Waals surface area contributed by atoms with Gasteiger partial charge in [-0.15, -0.1) is 0 Å². The van der Waals surface area contributed by atoms with Crippen LogP contribution in [0.5, 0.6) is 0 Å². The maximum atomic E-state index is 5.48. The number of hydrogen-bond acceptors (Lipinski definition) is 3. The Bertz CT molecular complexity index is 490. The number of fused-ring (bicyclic) bond motifs is 1. The Hall–Kier alpha value is -0.870. The SMILES string of the molecule is Cc1cc2oc(CN)nc2c(C)c1Br. The van der Waals surface area contributed by atoms with Crippen LogP contribution in [0.3, 0.4) is 0 Å². The van der Waals surface area contributed by atoms with Gasteiger partial charge in [0.1, 0.15) is 5.52 Å². The molecule has 0 saturated carbocycles. The van der Waals surface area contributed by atoms with Crippen molar-refractivity contribution in [1.29, 1.82) is 0 Å². The highest BCUT2D eigenvalue weighted by atomic mass is 79.9. The van der Waals surface area contributed by atoms with Crippen LogP contribution in [0.25, 0.3) is 11.1 Å². The van der Waals surface area contributed by atoms with Gasteiger partial charge in [0.2, 0.25) is 5.89 Å². The van der Waals surface area contributed by atoms with Gasteiger partial charge in [-0.05, 0) is 31.0 Å². The maximum Gasteiger partial charge on any atom is 0.209 e. The minimum atomic E-state index is 0.338. The van der Waals surface area contributed by atoms with E-state index in [1.165, 1.54) is 0 Å². The third-order valence-corrected chi connectivity index (χ3v) is 3.47. The lowest BCUT2D eigenvalue weighted by Crippen LogP contribution is -1.95. The van der Waals surface area contributed by atoms with E-state index in [-0.39, 0.29) is 0 Å². The second-order valence-corrected chi connectivity index (χ2v) is 4.08. The minimum Gasteiger partial charge on any atom is -0.439 e. The molecule has 0 aliphatic rings. The molecule has 2 N–H and O–H groups in total. The van der Waals surface area contributed by atoms with Crippen molar-refractivity contribution in [3.63, 3.8) is 0 Å². The van der Waals surface area contributed by atoms with Crippen LogP contribution in [0.15, 0.2) is 15.0 Å². The highest BCUT2D eigenvalue weighted by Crippen LogP contribution is 2.29. The summed E-state index contributed by atoms with van der Waals surface area (Å²) in [6, 6.07) is 1.97. The van der Waals surface area contributed by atoms with E-state index in [1.807, 2.05) is 19.9 Å². The molecular weight excluding hydrogens is 244 g/mol. The summed E-state index contributed by atoms with van der Waals surface area (Å²) in [5.41, 5.74) is 9.42. The maximum absolute atomic E-state index is 5.48. The number of benzene rings is 1. The van der Waals surface area contributed by atoms with E-state index in [0.29, 0.717) is 12.4 Å². The fraction of sp³-hybridized carbons (Fsp3) is 0.300. The smallest absolute Gasteiger partial charge is 0.209 e. The van der Waals surface area contributed by atoms with Crippen LogP contribution in [-0.2, 0) is 6.54 Å². The molecule has 0 aliphatic carbocycles. The fourth-order valence-electron chi connectivity index (χ4n) is 1.49. The Morgan fingerprint density at radius 3 is 2.86 bits per heavy atom. The van der Waals surface area contributed by atoms with Gasteiger partial charge in [0, 0.05) is 4.47 Å². The number of halogens is 1. The molecule has 2 rings (SSSR count). The van der Waals surface area contributed by atoms with Gasteiger partial charge in [-0.25, -0.2) is 4.98 Å². The quantitative estimate of drug-likeness (QED) is 0.852. The van der Waals surface area contributed by atoms with E-state index in [4.69, 9.17) is 10.2 Å². The number of rotatable bonds is 1. The van der Waals surface area contributed by atoms with E-state index in [2.05, 4.69) is 20.9 Å². The van der Waals surface area contributed by atoms with Gasteiger partial charge in [-0.2, -0.15) is 0 Å². The molecule has 0 bridgehead atoms. The molecule has 2 aromatic rings. The Morgan fingerprint density at radius 1 is 1.50 bits per heavy atom. The van der Waals surface area contributed by atoms with Crippen molar-refractivity contribution >= 4 is 27.0 Å². The van der Waals surface area contributed by atoms with Gasteiger partial charge >= 0.3 is 0 Å². The van der Waals surface area contributed by atoms with Crippen molar-refractivity contribution in [2.75, 3.05) is 0 Å². The van der Waals surface area contributed by atoms with Crippen LogP contribution in [0.1, 0.15) is 17.0 Å². The number of oxazole rings is 1. The lowest BCUT2D eigenvalue weighted by Gasteiger charge is -2.01.